The van der Waals surface area contributed by atoms with Crippen molar-refractivity contribution in [2.24, 2.45) is 0 Å². The minimum Gasteiger partial charge on any atom is -0.351 e. The molecule has 1 rings (SSSR count). The molecule has 4 heteroatoms. The van der Waals surface area contributed by atoms with Crippen LogP contribution in [0.2, 0.25) is 0 Å². The van der Waals surface area contributed by atoms with Crippen molar-refractivity contribution in [3.8, 4) is 0 Å². The Morgan fingerprint density at radius 3 is 3.18 bits per heavy atom. The first-order chi connectivity index (χ1) is 5.34. The van der Waals surface area contributed by atoms with Gasteiger partial charge in [0, 0.05) is 6.54 Å². The second-order valence-electron chi connectivity index (χ2n) is 1.89. The Labute approximate surface area is 64.7 Å². The van der Waals surface area contributed by atoms with Gasteiger partial charge < -0.3 is 5.32 Å². The number of aromatic nitrogens is 2. The standard InChI is InChI=1S/C7H8N3O/c1-2-9-7(11)6-5-8-3-4-10-6/h4-5H,2H2,1H3,(H,9,11). The molecule has 0 fully saturated rings. The summed E-state index contributed by atoms with van der Waals surface area (Å²) in [6, 6.07) is 0. The Morgan fingerprint density at radius 2 is 2.64 bits per heavy atom. The van der Waals surface area contributed by atoms with E-state index in [-0.39, 0.29) is 5.91 Å². The van der Waals surface area contributed by atoms with Gasteiger partial charge in [-0.3, -0.25) is 9.78 Å². The summed E-state index contributed by atoms with van der Waals surface area (Å²) in [5.74, 6) is -0.200. The minimum absolute atomic E-state index is 0.200. The summed E-state index contributed by atoms with van der Waals surface area (Å²) < 4.78 is 0. The number of carbonyl (C=O) groups is 1. The Morgan fingerprint density at radius 1 is 1.82 bits per heavy atom. The second kappa shape index (κ2) is 3.65. The highest BCUT2D eigenvalue weighted by Crippen LogP contribution is 1.87. The van der Waals surface area contributed by atoms with E-state index in [2.05, 4.69) is 21.5 Å². The van der Waals surface area contributed by atoms with Gasteiger partial charge in [0.2, 0.25) is 0 Å². The number of carbonyl (C=O) groups excluding carboxylic acids is 1. The zero-order chi connectivity index (χ0) is 8.10. The van der Waals surface area contributed by atoms with Gasteiger partial charge in [-0.2, -0.15) is 0 Å². The van der Waals surface area contributed by atoms with Gasteiger partial charge in [0.15, 0.2) is 0 Å². The molecule has 0 aliphatic heterocycles. The van der Waals surface area contributed by atoms with Gasteiger partial charge in [-0.05, 0) is 6.92 Å². The number of hydrogen-bond donors (Lipinski definition) is 1. The summed E-state index contributed by atoms with van der Waals surface area (Å²) >= 11 is 0. The first-order valence-corrected chi connectivity index (χ1v) is 3.31. The molecule has 0 aromatic carbocycles. The fraction of sp³-hybridized carbons (Fsp3) is 0.286. The van der Waals surface area contributed by atoms with Crippen molar-refractivity contribution < 1.29 is 4.79 Å². The summed E-state index contributed by atoms with van der Waals surface area (Å²) in [5.41, 5.74) is 0.325. The monoisotopic (exact) mass is 150 g/mol. The molecule has 11 heavy (non-hydrogen) atoms. The van der Waals surface area contributed by atoms with Crippen molar-refractivity contribution in [1.29, 1.82) is 0 Å². The van der Waals surface area contributed by atoms with Crippen LogP contribution in [-0.4, -0.2) is 22.4 Å². The van der Waals surface area contributed by atoms with Gasteiger partial charge in [-0.1, -0.05) is 0 Å². The predicted octanol–water partition coefficient (Wildman–Crippen LogP) is 0.0265. The number of hydrogen-bond acceptors (Lipinski definition) is 3. The molecular formula is C7H8N3O. The van der Waals surface area contributed by atoms with E-state index in [4.69, 9.17) is 0 Å². The Bertz CT molecular complexity index is 235. The lowest BCUT2D eigenvalue weighted by Crippen LogP contribution is -2.23. The molecule has 0 unspecified atom stereocenters. The molecule has 0 saturated carbocycles. The molecule has 1 radical (unpaired) electrons. The number of amides is 1. The van der Waals surface area contributed by atoms with Crippen LogP contribution in [0.15, 0.2) is 12.4 Å². The third-order valence-electron chi connectivity index (χ3n) is 1.09. The van der Waals surface area contributed by atoms with Crippen molar-refractivity contribution in [1.82, 2.24) is 15.3 Å². The van der Waals surface area contributed by atoms with E-state index in [1.165, 1.54) is 12.4 Å². The average molecular weight is 150 g/mol. The topological polar surface area (TPSA) is 54.9 Å². The van der Waals surface area contributed by atoms with Crippen LogP contribution in [0.25, 0.3) is 0 Å². The highest BCUT2D eigenvalue weighted by molar-refractivity contribution is 5.91. The van der Waals surface area contributed by atoms with Crippen LogP contribution in [0.5, 0.6) is 0 Å². The SMILES string of the molecule is CCNC(=O)c1cn[c]cn1. The van der Waals surface area contributed by atoms with E-state index in [0.29, 0.717) is 12.2 Å². The van der Waals surface area contributed by atoms with Gasteiger partial charge in [-0.15, -0.1) is 0 Å². The maximum atomic E-state index is 11.0. The summed E-state index contributed by atoms with van der Waals surface area (Å²) in [5, 5.41) is 2.61. The first-order valence-electron chi connectivity index (χ1n) is 3.31. The zero-order valence-corrected chi connectivity index (χ0v) is 6.16. The van der Waals surface area contributed by atoms with Crippen LogP contribution in [0.4, 0.5) is 0 Å². The Kier molecular flexibility index (Phi) is 2.54. The Balaban J connectivity index is 2.69. The summed E-state index contributed by atoms with van der Waals surface area (Å²) in [6.45, 7) is 2.44. The largest absolute Gasteiger partial charge is 0.351 e. The molecule has 0 aliphatic rings. The maximum Gasteiger partial charge on any atom is 0.271 e. The molecule has 1 aromatic rings. The minimum atomic E-state index is -0.200. The molecule has 0 saturated heterocycles. The third-order valence-corrected chi connectivity index (χ3v) is 1.09. The first kappa shape index (κ1) is 7.65. The molecule has 0 aliphatic carbocycles. The van der Waals surface area contributed by atoms with Crippen LogP contribution in [0, 0.1) is 6.20 Å². The van der Waals surface area contributed by atoms with E-state index in [0.717, 1.165) is 0 Å². The lowest BCUT2D eigenvalue weighted by molar-refractivity contribution is 0.0950. The number of rotatable bonds is 2. The smallest absolute Gasteiger partial charge is 0.271 e. The van der Waals surface area contributed by atoms with Crippen molar-refractivity contribution >= 4 is 5.91 Å². The fourth-order valence-corrected chi connectivity index (χ4v) is 0.632. The van der Waals surface area contributed by atoms with E-state index in [1.54, 1.807) is 0 Å². The Hall–Kier alpha value is -1.45. The number of nitrogens with one attached hydrogen (secondary N) is 1. The normalized spacial score (nSPS) is 9.18. The highest BCUT2D eigenvalue weighted by atomic mass is 16.1. The van der Waals surface area contributed by atoms with Crippen molar-refractivity contribution in [3.63, 3.8) is 0 Å². The molecule has 1 heterocycles. The molecule has 0 atom stereocenters. The van der Waals surface area contributed by atoms with Gasteiger partial charge in [0.1, 0.15) is 11.9 Å². The maximum absolute atomic E-state index is 11.0. The molecule has 1 aromatic heterocycles. The van der Waals surface area contributed by atoms with Crippen LogP contribution in [-0.2, 0) is 0 Å². The van der Waals surface area contributed by atoms with E-state index in [9.17, 15) is 4.79 Å². The third kappa shape index (κ3) is 2.00. The quantitative estimate of drug-likeness (QED) is 0.647. The van der Waals surface area contributed by atoms with Crippen molar-refractivity contribution in [3.05, 3.63) is 24.3 Å². The van der Waals surface area contributed by atoms with Gasteiger partial charge in [0.05, 0.1) is 12.4 Å². The fourth-order valence-electron chi connectivity index (χ4n) is 0.632. The van der Waals surface area contributed by atoms with Crippen molar-refractivity contribution in [2.45, 2.75) is 6.92 Å². The molecule has 0 spiro atoms. The van der Waals surface area contributed by atoms with Crippen LogP contribution < -0.4 is 5.32 Å². The average Bonchev–Trinajstić information content (AvgIpc) is 2.07. The van der Waals surface area contributed by atoms with Gasteiger partial charge >= 0.3 is 0 Å². The highest BCUT2D eigenvalue weighted by Gasteiger charge is 2.02. The lowest BCUT2D eigenvalue weighted by Gasteiger charge is -1.97. The lowest BCUT2D eigenvalue weighted by atomic mass is 10.4. The molecule has 1 N–H and O–H groups in total. The molecule has 4 nitrogen and oxygen atoms in total. The summed E-state index contributed by atoms with van der Waals surface area (Å²) in [4.78, 5) is 18.4. The van der Waals surface area contributed by atoms with Crippen LogP contribution in [0.3, 0.4) is 0 Å². The van der Waals surface area contributed by atoms with E-state index >= 15 is 0 Å². The van der Waals surface area contributed by atoms with Gasteiger partial charge in [-0.25, -0.2) is 4.98 Å². The molecule has 1 amide bonds. The van der Waals surface area contributed by atoms with E-state index in [1.807, 2.05) is 6.92 Å². The van der Waals surface area contributed by atoms with Crippen molar-refractivity contribution in [2.75, 3.05) is 6.54 Å². The second-order valence-corrected chi connectivity index (χ2v) is 1.89. The van der Waals surface area contributed by atoms with Crippen LogP contribution >= 0.6 is 0 Å². The number of nitrogens with zero attached hydrogens (tertiary/aromatic N) is 2. The summed E-state index contributed by atoms with van der Waals surface area (Å²) in [7, 11) is 0. The zero-order valence-electron chi connectivity index (χ0n) is 6.16. The summed E-state index contributed by atoms with van der Waals surface area (Å²) in [6.07, 6.45) is 5.23. The molecular weight excluding hydrogens is 142 g/mol. The molecule has 57 valence electrons. The predicted molar refractivity (Wildman–Crippen MR) is 38.9 cm³/mol. The molecule has 0 bridgehead atoms. The van der Waals surface area contributed by atoms with Gasteiger partial charge in [0.25, 0.3) is 5.91 Å². The van der Waals surface area contributed by atoms with Crippen LogP contribution in [0.1, 0.15) is 17.4 Å². The van der Waals surface area contributed by atoms with E-state index < -0.39 is 0 Å².